The van der Waals surface area contributed by atoms with Gasteiger partial charge in [0.1, 0.15) is 0 Å². The molecule has 2 N–H and O–H groups in total. The molecule has 2 heteroatoms. The van der Waals surface area contributed by atoms with Crippen molar-refractivity contribution < 1.29 is 5.11 Å². The molecule has 2 nitrogen and oxygen atoms in total. The molecule has 0 aliphatic heterocycles. The van der Waals surface area contributed by atoms with Gasteiger partial charge in [-0.05, 0) is 24.9 Å². The van der Waals surface area contributed by atoms with Crippen molar-refractivity contribution in [3.8, 4) is 0 Å². The van der Waals surface area contributed by atoms with Crippen molar-refractivity contribution >= 4 is 0 Å². The fourth-order valence-corrected chi connectivity index (χ4v) is 1.61. The highest BCUT2D eigenvalue weighted by Gasteiger charge is 2.21. The van der Waals surface area contributed by atoms with E-state index in [1.54, 1.807) is 0 Å². The second kappa shape index (κ2) is 6.02. The molecule has 0 radical (unpaired) electrons. The molecule has 2 unspecified atom stereocenters. The van der Waals surface area contributed by atoms with Crippen LogP contribution in [-0.2, 0) is 5.60 Å². The van der Waals surface area contributed by atoms with E-state index >= 15 is 0 Å². The van der Waals surface area contributed by atoms with Crippen LogP contribution in [-0.4, -0.2) is 18.2 Å². The topological polar surface area (TPSA) is 32.3 Å². The fourth-order valence-electron chi connectivity index (χ4n) is 1.61. The average molecular weight is 221 g/mol. The zero-order valence-corrected chi connectivity index (χ0v) is 10.5. The van der Waals surface area contributed by atoms with Gasteiger partial charge in [0, 0.05) is 6.54 Å². The molecule has 0 amide bonds. The molecule has 0 saturated carbocycles. The predicted octanol–water partition coefficient (Wildman–Crippen LogP) is 2.53. The summed E-state index contributed by atoms with van der Waals surface area (Å²) in [6, 6.07) is 9.80. The maximum Gasteiger partial charge on any atom is 0.0992 e. The second-order valence-electron chi connectivity index (χ2n) is 4.78. The zero-order valence-electron chi connectivity index (χ0n) is 10.5. The number of aliphatic hydroxyl groups is 1. The Labute approximate surface area is 98.7 Å². The van der Waals surface area contributed by atoms with Gasteiger partial charge in [0.15, 0.2) is 0 Å². The van der Waals surface area contributed by atoms with E-state index in [2.05, 4.69) is 19.2 Å². The Morgan fingerprint density at radius 1 is 1.31 bits per heavy atom. The standard InChI is InChI=1S/C14H23NO/c1-4-12(2)10-15-11-14(3,16)13-8-6-5-7-9-13/h5-9,12,15-16H,4,10-11H2,1-3H3. The van der Waals surface area contributed by atoms with Crippen LogP contribution in [0, 0.1) is 5.92 Å². The molecule has 0 saturated heterocycles. The maximum atomic E-state index is 10.3. The first-order valence-electron chi connectivity index (χ1n) is 6.05. The molecule has 1 aromatic carbocycles. The Kier molecular flexibility index (Phi) is 4.97. The smallest absolute Gasteiger partial charge is 0.0992 e. The summed E-state index contributed by atoms with van der Waals surface area (Å²) in [6.45, 7) is 7.80. The molecule has 0 aliphatic carbocycles. The average Bonchev–Trinajstić information content (AvgIpc) is 2.30. The molecule has 2 atom stereocenters. The lowest BCUT2D eigenvalue weighted by Crippen LogP contribution is -2.37. The highest BCUT2D eigenvalue weighted by molar-refractivity contribution is 5.21. The highest BCUT2D eigenvalue weighted by atomic mass is 16.3. The molecule has 0 fully saturated rings. The first-order chi connectivity index (χ1) is 7.56. The van der Waals surface area contributed by atoms with Gasteiger partial charge in [-0.3, -0.25) is 0 Å². The molecule has 90 valence electrons. The number of rotatable bonds is 6. The van der Waals surface area contributed by atoms with Crippen molar-refractivity contribution in [3.63, 3.8) is 0 Å². The van der Waals surface area contributed by atoms with Crippen LogP contribution < -0.4 is 5.32 Å². The van der Waals surface area contributed by atoms with Crippen LogP contribution in [0.1, 0.15) is 32.8 Å². The molecule has 0 heterocycles. The second-order valence-corrected chi connectivity index (χ2v) is 4.78. The quantitative estimate of drug-likeness (QED) is 0.773. The van der Waals surface area contributed by atoms with E-state index in [1.165, 1.54) is 6.42 Å². The molecule has 1 rings (SSSR count). The number of nitrogens with one attached hydrogen (secondary N) is 1. The van der Waals surface area contributed by atoms with Gasteiger partial charge in [0.25, 0.3) is 0 Å². The third-order valence-electron chi connectivity index (χ3n) is 3.05. The van der Waals surface area contributed by atoms with E-state index < -0.39 is 5.60 Å². The first-order valence-corrected chi connectivity index (χ1v) is 6.05. The summed E-state index contributed by atoms with van der Waals surface area (Å²) >= 11 is 0. The van der Waals surface area contributed by atoms with Gasteiger partial charge in [-0.1, -0.05) is 50.6 Å². The highest BCUT2D eigenvalue weighted by Crippen LogP contribution is 2.18. The minimum absolute atomic E-state index is 0.599. The lowest BCUT2D eigenvalue weighted by molar-refractivity contribution is 0.0562. The Balaban J connectivity index is 2.46. The van der Waals surface area contributed by atoms with Gasteiger partial charge in [-0.2, -0.15) is 0 Å². The Morgan fingerprint density at radius 3 is 2.50 bits per heavy atom. The van der Waals surface area contributed by atoms with Crippen LogP contribution in [0.15, 0.2) is 30.3 Å². The van der Waals surface area contributed by atoms with Gasteiger partial charge in [0.2, 0.25) is 0 Å². The number of hydrogen-bond donors (Lipinski definition) is 2. The summed E-state index contributed by atoms with van der Waals surface area (Å²) in [4.78, 5) is 0. The molecule has 0 aromatic heterocycles. The Bertz CT molecular complexity index is 295. The number of hydrogen-bond acceptors (Lipinski definition) is 2. The van der Waals surface area contributed by atoms with E-state index in [0.29, 0.717) is 12.5 Å². The predicted molar refractivity (Wildman–Crippen MR) is 68.3 cm³/mol. The summed E-state index contributed by atoms with van der Waals surface area (Å²) < 4.78 is 0. The van der Waals surface area contributed by atoms with Crippen LogP contribution >= 0.6 is 0 Å². The molecule has 0 bridgehead atoms. The van der Waals surface area contributed by atoms with Gasteiger partial charge >= 0.3 is 0 Å². The lowest BCUT2D eigenvalue weighted by Gasteiger charge is -2.25. The SMILES string of the molecule is CCC(C)CNCC(C)(O)c1ccccc1. The Hall–Kier alpha value is -0.860. The molecule has 0 spiro atoms. The van der Waals surface area contributed by atoms with E-state index in [0.717, 1.165) is 12.1 Å². The van der Waals surface area contributed by atoms with E-state index in [1.807, 2.05) is 37.3 Å². The summed E-state index contributed by atoms with van der Waals surface area (Å²) in [5, 5.41) is 13.6. The third-order valence-corrected chi connectivity index (χ3v) is 3.05. The first kappa shape index (κ1) is 13.2. The molecular weight excluding hydrogens is 198 g/mol. The fraction of sp³-hybridized carbons (Fsp3) is 0.571. The van der Waals surface area contributed by atoms with E-state index in [-0.39, 0.29) is 0 Å². The minimum atomic E-state index is -0.783. The summed E-state index contributed by atoms with van der Waals surface area (Å²) in [5.41, 5.74) is 0.181. The molecule has 16 heavy (non-hydrogen) atoms. The van der Waals surface area contributed by atoms with Crippen LogP contribution in [0.25, 0.3) is 0 Å². The van der Waals surface area contributed by atoms with Crippen LogP contribution in [0.5, 0.6) is 0 Å². The summed E-state index contributed by atoms with van der Waals surface area (Å²) in [7, 11) is 0. The zero-order chi connectivity index (χ0) is 12.0. The van der Waals surface area contributed by atoms with Crippen molar-refractivity contribution in [3.05, 3.63) is 35.9 Å². The van der Waals surface area contributed by atoms with Gasteiger partial charge < -0.3 is 10.4 Å². The molecule has 1 aromatic rings. The van der Waals surface area contributed by atoms with Crippen LogP contribution in [0.2, 0.25) is 0 Å². The normalized spacial score (nSPS) is 16.8. The Morgan fingerprint density at radius 2 is 1.94 bits per heavy atom. The van der Waals surface area contributed by atoms with Crippen molar-refractivity contribution in [2.45, 2.75) is 32.8 Å². The van der Waals surface area contributed by atoms with Gasteiger partial charge in [0.05, 0.1) is 5.60 Å². The minimum Gasteiger partial charge on any atom is -0.384 e. The van der Waals surface area contributed by atoms with Crippen LogP contribution in [0.4, 0.5) is 0 Å². The van der Waals surface area contributed by atoms with E-state index in [4.69, 9.17) is 0 Å². The molecule has 0 aliphatic rings. The molecular formula is C14H23NO. The largest absolute Gasteiger partial charge is 0.384 e. The van der Waals surface area contributed by atoms with Crippen molar-refractivity contribution in [2.75, 3.05) is 13.1 Å². The van der Waals surface area contributed by atoms with Gasteiger partial charge in [-0.25, -0.2) is 0 Å². The lowest BCUT2D eigenvalue weighted by atomic mass is 9.96. The summed E-state index contributed by atoms with van der Waals surface area (Å²) in [5.74, 6) is 0.659. The van der Waals surface area contributed by atoms with Crippen molar-refractivity contribution in [1.82, 2.24) is 5.32 Å². The third kappa shape index (κ3) is 3.95. The maximum absolute atomic E-state index is 10.3. The van der Waals surface area contributed by atoms with Crippen LogP contribution in [0.3, 0.4) is 0 Å². The van der Waals surface area contributed by atoms with E-state index in [9.17, 15) is 5.11 Å². The number of benzene rings is 1. The van der Waals surface area contributed by atoms with Gasteiger partial charge in [-0.15, -0.1) is 0 Å². The monoisotopic (exact) mass is 221 g/mol. The van der Waals surface area contributed by atoms with Crippen molar-refractivity contribution in [1.29, 1.82) is 0 Å². The summed E-state index contributed by atoms with van der Waals surface area (Å²) in [6.07, 6.45) is 1.17. The van der Waals surface area contributed by atoms with Crippen molar-refractivity contribution in [2.24, 2.45) is 5.92 Å².